The number of unbranched alkanes of at least 4 members (excludes halogenated alkanes) is 1. The van der Waals surface area contributed by atoms with Crippen LogP contribution >= 0.6 is 12.6 Å². The van der Waals surface area contributed by atoms with E-state index in [1.165, 1.54) is 6.42 Å². The fourth-order valence-electron chi connectivity index (χ4n) is 2.55. The maximum Gasteiger partial charge on any atom is 0.113 e. The van der Waals surface area contributed by atoms with Crippen LogP contribution in [0.4, 0.5) is 0 Å². The van der Waals surface area contributed by atoms with Crippen molar-refractivity contribution < 1.29 is 0 Å². The summed E-state index contributed by atoms with van der Waals surface area (Å²) < 4.78 is 2.16. The first-order valence-corrected chi connectivity index (χ1v) is 8.18. The Labute approximate surface area is 136 Å². The van der Waals surface area contributed by atoms with Crippen LogP contribution in [0.3, 0.4) is 0 Å². The van der Waals surface area contributed by atoms with Crippen LogP contribution in [0.2, 0.25) is 0 Å². The van der Waals surface area contributed by atoms with Crippen molar-refractivity contribution in [2.24, 2.45) is 10.2 Å². The van der Waals surface area contributed by atoms with Crippen molar-refractivity contribution in [1.29, 1.82) is 0 Å². The van der Waals surface area contributed by atoms with Gasteiger partial charge in [0.05, 0.1) is 10.8 Å². The van der Waals surface area contributed by atoms with Gasteiger partial charge in [0, 0.05) is 30.9 Å². The molecule has 114 valence electrons. The lowest BCUT2D eigenvalue weighted by atomic mass is 10.0. The molecule has 22 heavy (non-hydrogen) atoms. The molecule has 1 aliphatic heterocycles. The van der Waals surface area contributed by atoms with Crippen LogP contribution in [-0.4, -0.2) is 20.3 Å². The number of hydrogen-bond acceptors (Lipinski definition) is 3. The van der Waals surface area contributed by atoms with E-state index in [4.69, 9.17) is 0 Å². The Hall–Kier alpha value is -1.88. The van der Waals surface area contributed by atoms with E-state index in [-0.39, 0.29) is 0 Å². The molecule has 0 saturated heterocycles. The first-order chi connectivity index (χ1) is 10.8. The van der Waals surface area contributed by atoms with E-state index >= 15 is 0 Å². The molecular formula is C17H20N4S. The minimum Gasteiger partial charge on any atom is -0.304 e. The van der Waals surface area contributed by atoms with Gasteiger partial charge in [-0.05, 0) is 30.5 Å². The zero-order valence-electron chi connectivity index (χ0n) is 12.7. The van der Waals surface area contributed by atoms with Gasteiger partial charge in [-0.25, -0.2) is 4.98 Å². The lowest BCUT2D eigenvalue weighted by Crippen LogP contribution is -2.07. The molecule has 3 rings (SSSR count). The zero-order chi connectivity index (χ0) is 15.4. The van der Waals surface area contributed by atoms with Gasteiger partial charge in [-0.2, -0.15) is 5.10 Å². The highest BCUT2D eigenvalue weighted by molar-refractivity contribution is 7.97. The maximum absolute atomic E-state index is 4.46. The SMILES string of the molecule is CCCCc1nccn1-c1ccc(C2=NN=C(S)CC2)cc1. The molecule has 0 fully saturated rings. The topological polar surface area (TPSA) is 42.5 Å². The third-order valence-corrected chi connectivity index (χ3v) is 4.13. The van der Waals surface area contributed by atoms with Crippen molar-refractivity contribution in [3.63, 3.8) is 0 Å². The molecule has 0 radical (unpaired) electrons. The third kappa shape index (κ3) is 3.30. The Morgan fingerprint density at radius 3 is 2.64 bits per heavy atom. The second-order valence-corrected chi connectivity index (χ2v) is 5.94. The first-order valence-electron chi connectivity index (χ1n) is 7.73. The molecule has 0 spiro atoms. The normalized spacial score (nSPS) is 14.6. The Bertz CT molecular complexity index is 698. The van der Waals surface area contributed by atoms with E-state index in [1.54, 1.807) is 0 Å². The summed E-state index contributed by atoms with van der Waals surface area (Å²) >= 11 is 4.24. The highest BCUT2D eigenvalue weighted by atomic mass is 32.1. The Morgan fingerprint density at radius 2 is 1.95 bits per heavy atom. The van der Waals surface area contributed by atoms with Gasteiger partial charge in [-0.3, -0.25) is 0 Å². The number of benzene rings is 1. The van der Waals surface area contributed by atoms with E-state index in [9.17, 15) is 0 Å². The van der Waals surface area contributed by atoms with Gasteiger partial charge in [-0.1, -0.05) is 25.5 Å². The fraction of sp³-hybridized carbons (Fsp3) is 0.353. The van der Waals surface area contributed by atoms with Gasteiger partial charge in [-0.15, -0.1) is 17.7 Å². The molecule has 1 aliphatic rings. The van der Waals surface area contributed by atoms with Crippen molar-refractivity contribution in [3.8, 4) is 5.69 Å². The summed E-state index contributed by atoms with van der Waals surface area (Å²) in [5, 5.41) is 9.11. The number of aromatic nitrogens is 2. The van der Waals surface area contributed by atoms with Gasteiger partial charge < -0.3 is 4.57 Å². The van der Waals surface area contributed by atoms with Crippen LogP contribution in [0.5, 0.6) is 0 Å². The summed E-state index contributed by atoms with van der Waals surface area (Å²) in [6, 6.07) is 8.46. The number of nitrogens with zero attached hydrogens (tertiary/aromatic N) is 4. The van der Waals surface area contributed by atoms with Crippen molar-refractivity contribution in [2.45, 2.75) is 39.0 Å². The summed E-state index contributed by atoms with van der Waals surface area (Å²) in [6.07, 6.45) is 9.01. The zero-order valence-corrected chi connectivity index (χ0v) is 13.6. The van der Waals surface area contributed by atoms with E-state index < -0.39 is 0 Å². The summed E-state index contributed by atoms with van der Waals surface area (Å²) in [7, 11) is 0. The van der Waals surface area contributed by atoms with Crippen LogP contribution in [0.25, 0.3) is 5.69 Å². The molecule has 1 aromatic heterocycles. The lowest BCUT2D eigenvalue weighted by Gasteiger charge is -2.11. The van der Waals surface area contributed by atoms with Gasteiger partial charge in [0.25, 0.3) is 0 Å². The van der Waals surface area contributed by atoms with Crippen molar-refractivity contribution in [1.82, 2.24) is 9.55 Å². The predicted molar refractivity (Wildman–Crippen MR) is 94.4 cm³/mol. The molecule has 4 nitrogen and oxygen atoms in total. The first kappa shape index (κ1) is 15.0. The average molecular weight is 312 g/mol. The highest BCUT2D eigenvalue weighted by Gasteiger charge is 2.10. The molecule has 5 heteroatoms. The number of hydrogen-bond donors (Lipinski definition) is 1. The van der Waals surface area contributed by atoms with Crippen LogP contribution in [0.15, 0.2) is 46.9 Å². The quantitative estimate of drug-likeness (QED) is 0.832. The number of imidazole rings is 1. The van der Waals surface area contributed by atoms with E-state index in [0.29, 0.717) is 0 Å². The Kier molecular flexibility index (Phi) is 4.73. The van der Waals surface area contributed by atoms with Crippen LogP contribution in [0, 0.1) is 0 Å². The van der Waals surface area contributed by atoms with Gasteiger partial charge >= 0.3 is 0 Å². The molecule has 0 bridgehead atoms. The van der Waals surface area contributed by atoms with E-state index in [0.717, 1.165) is 53.5 Å². The molecule has 0 amide bonds. The minimum absolute atomic E-state index is 0.805. The second-order valence-electron chi connectivity index (χ2n) is 5.43. The number of rotatable bonds is 5. The number of aryl methyl sites for hydroxylation is 1. The molecule has 0 saturated carbocycles. The van der Waals surface area contributed by atoms with Crippen LogP contribution in [0.1, 0.15) is 44.0 Å². The summed E-state index contributed by atoms with van der Waals surface area (Å²) in [5.74, 6) is 1.12. The van der Waals surface area contributed by atoms with Gasteiger partial charge in [0.15, 0.2) is 0 Å². The van der Waals surface area contributed by atoms with E-state index in [1.807, 2.05) is 12.4 Å². The molecule has 0 aliphatic carbocycles. The predicted octanol–water partition coefficient (Wildman–Crippen LogP) is 4.04. The third-order valence-electron chi connectivity index (χ3n) is 3.82. The largest absolute Gasteiger partial charge is 0.304 e. The van der Waals surface area contributed by atoms with Crippen molar-refractivity contribution in [3.05, 3.63) is 48.0 Å². The average Bonchev–Trinajstić information content (AvgIpc) is 3.02. The lowest BCUT2D eigenvalue weighted by molar-refractivity contribution is 0.739. The molecule has 0 atom stereocenters. The van der Waals surface area contributed by atoms with Crippen molar-refractivity contribution in [2.75, 3.05) is 0 Å². The summed E-state index contributed by atoms with van der Waals surface area (Å²) in [5.41, 5.74) is 3.30. The Morgan fingerprint density at radius 1 is 1.14 bits per heavy atom. The Balaban J connectivity index is 1.81. The van der Waals surface area contributed by atoms with Gasteiger partial charge in [0.2, 0.25) is 0 Å². The molecule has 2 heterocycles. The summed E-state index contributed by atoms with van der Waals surface area (Å²) in [4.78, 5) is 4.46. The van der Waals surface area contributed by atoms with Crippen molar-refractivity contribution >= 4 is 23.4 Å². The van der Waals surface area contributed by atoms with E-state index in [2.05, 4.69) is 63.6 Å². The van der Waals surface area contributed by atoms with Crippen LogP contribution < -0.4 is 0 Å². The number of thiol groups is 1. The summed E-state index contributed by atoms with van der Waals surface area (Å²) in [6.45, 7) is 2.20. The van der Waals surface area contributed by atoms with Gasteiger partial charge in [0.1, 0.15) is 5.82 Å². The molecule has 2 aromatic rings. The smallest absolute Gasteiger partial charge is 0.113 e. The monoisotopic (exact) mass is 312 g/mol. The fourth-order valence-corrected chi connectivity index (χ4v) is 2.71. The molecule has 1 aromatic carbocycles. The minimum atomic E-state index is 0.805. The molecule has 0 unspecified atom stereocenters. The standard InChI is InChI=1S/C17H20N4S/c1-2-3-4-16-18-11-12-21(16)14-7-5-13(6-8-14)15-9-10-17(22)20-19-15/h5-8,11-12H,2-4,9-10H2,1H3,(H,20,22). The second kappa shape index (κ2) is 6.92. The molecular weight excluding hydrogens is 292 g/mol. The molecule has 0 N–H and O–H groups in total. The van der Waals surface area contributed by atoms with Crippen LogP contribution in [-0.2, 0) is 6.42 Å². The highest BCUT2D eigenvalue weighted by Crippen LogP contribution is 2.17. The maximum atomic E-state index is 4.46.